The third-order valence-corrected chi connectivity index (χ3v) is 3.74. The number of aryl methyl sites for hydroxylation is 2. The second kappa shape index (κ2) is 4.84. The molecule has 3 nitrogen and oxygen atoms in total. The summed E-state index contributed by atoms with van der Waals surface area (Å²) < 4.78 is 3.16. The van der Waals surface area contributed by atoms with E-state index >= 15 is 0 Å². The molecule has 1 heterocycles. The molecule has 0 unspecified atom stereocenters. The van der Waals surface area contributed by atoms with Crippen LogP contribution in [0.4, 0.5) is 0 Å². The first-order valence-electron chi connectivity index (χ1n) is 5.75. The van der Waals surface area contributed by atoms with Gasteiger partial charge in [0, 0.05) is 13.5 Å². The van der Waals surface area contributed by atoms with E-state index in [1.807, 2.05) is 18.5 Å². The highest BCUT2D eigenvalue weighted by Gasteiger charge is 2.04. The molecule has 0 atom stereocenters. The molecular weight excluding hydrogens is 232 g/mol. The molecule has 17 heavy (non-hydrogen) atoms. The minimum absolute atomic E-state index is 0.0358. The van der Waals surface area contributed by atoms with Crippen LogP contribution in [-0.4, -0.2) is 10.5 Å². The minimum Gasteiger partial charge on any atom is -0.319 e. The zero-order valence-electron chi connectivity index (χ0n) is 10.4. The number of carbonyl (C=O) groups excluding carboxylic acids is 1. The van der Waals surface area contributed by atoms with Gasteiger partial charge < -0.3 is 4.57 Å². The van der Waals surface area contributed by atoms with Gasteiger partial charge in [0.25, 0.3) is 0 Å². The van der Waals surface area contributed by atoms with Crippen molar-refractivity contribution in [2.45, 2.75) is 26.7 Å². The molecule has 4 heteroatoms. The summed E-state index contributed by atoms with van der Waals surface area (Å²) in [6, 6.07) is 6.28. The van der Waals surface area contributed by atoms with Gasteiger partial charge in [0.05, 0.1) is 10.2 Å². The van der Waals surface area contributed by atoms with Crippen molar-refractivity contribution in [2.24, 2.45) is 12.0 Å². The molecule has 1 aromatic heterocycles. The Morgan fingerprint density at radius 1 is 1.47 bits per heavy atom. The Morgan fingerprint density at radius 3 is 2.94 bits per heavy atom. The summed E-state index contributed by atoms with van der Waals surface area (Å²) in [6.07, 6.45) is 1.36. The molecule has 90 valence electrons. The highest BCUT2D eigenvalue weighted by Crippen LogP contribution is 2.17. The molecule has 0 saturated heterocycles. The topological polar surface area (TPSA) is 34.4 Å². The lowest BCUT2D eigenvalue weighted by atomic mass is 10.2. The van der Waals surface area contributed by atoms with Gasteiger partial charge in [0.1, 0.15) is 0 Å². The first kappa shape index (κ1) is 12.0. The summed E-state index contributed by atoms with van der Waals surface area (Å²) in [5, 5.41) is 0. The van der Waals surface area contributed by atoms with Crippen LogP contribution in [0, 0.1) is 6.92 Å². The van der Waals surface area contributed by atoms with E-state index < -0.39 is 0 Å². The minimum atomic E-state index is -0.0358. The Hall–Kier alpha value is -1.42. The van der Waals surface area contributed by atoms with E-state index in [4.69, 9.17) is 0 Å². The average Bonchev–Trinajstić information content (AvgIpc) is 2.55. The summed E-state index contributed by atoms with van der Waals surface area (Å²) in [4.78, 5) is 16.5. The molecule has 1 aromatic carbocycles. The molecule has 2 aromatic rings. The smallest absolute Gasteiger partial charge is 0.248 e. The van der Waals surface area contributed by atoms with E-state index in [0.29, 0.717) is 6.42 Å². The number of thiazole rings is 1. The highest BCUT2D eigenvalue weighted by molar-refractivity contribution is 7.16. The van der Waals surface area contributed by atoms with E-state index in [2.05, 4.69) is 30.1 Å². The maximum Gasteiger partial charge on any atom is 0.248 e. The molecule has 0 saturated carbocycles. The zero-order valence-corrected chi connectivity index (χ0v) is 11.2. The van der Waals surface area contributed by atoms with E-state index in [-0.39, 0.29) is 5.91 Å². The van der Waals surface area contributed by atoms with Crippen LogP contribution >= 0.6 is 11.3 Å². The summed E-state index contributed by atoms with van der Waals surface area (Å²) in [5.74, 6) is -0.0358. The number of hydrogen-bond donors (Lipinski definition) is 0. The zero-order chi connectivity index (χ0) is 12.4. The molecule has 1 amide bonds. The Morgan fingerprint density at radius 2 is 2.24 bits per heavy atom. The maximum absolute atomic E-state index is 11.5. The number of fused-ring (bicyclic) bond motifs is 1. The van der Waals surface area contributed by atoms with Crippen molar-refractivity contribution >= 4 is 27.5 Å². The standard InChI is InChI=1S/C13H16N2OS/c1-4-5-12(16)14-13-15(3)10-7-6-9(2)8-11(10)17-13/h6-8H,4-5H2,1-3H3. The van der Waals surface area contributed by atoms with Crippen LogP contribution in [0.3, 0.4) is 0 Å². The van der Waals surface area contributed by atoms with Gasteiger partial charge in [-0.2, -0.15) is 4.99 Å². The summed E-state index contributed by atoms with van der Waals surface area (Å²) in [6.45, 7) is 4.06. The van der Waals surface area contributed by atoms with Crippen molar-refractivity contribution in [1.82, 2.24) is 4.57 Å². The summed E-state index contributed by atoms with van der Waals surface area (Å²) >= 11 is 1.57. The molecule has 0 bridgehead atoms. The normalized spacial score (nSPS) is 12.3. The second-order valence-electron chi connectivity index (χ2n) is 4.17. The van der Waals surface area contributed by atoms with Crippen LogP contribution in [0.2, 0.25) is 0 Å². The summed E-state index contributed by atoms with van der Waals surface area (Å²) in [5.41, 5.74) is 2.36. The molecule has 0 spiro atoms. The Kier molecular flexibility index (Phi) is 3.43. The first-order valence-corrected chi connectivity index (χ1v) is 6.57. The van der Waals surface area contributed by atoms with Crippen LogP contribution in [-0.2, 0) is 11.8 Å². The van der Waals surface area contributed by atoms with Crippen molar-refractivity contribution in [3.63, 3.8) is 0 Å². The fourth-order valence-corrected chi connectivity index (χ4v) is 2.86. The molecule has 0 aliphatic carbocycles. The van der Waals surface area contributed by atoms with Crippen molar-refractivity contribution in [1.29, 1.82) is 0 Å². The Balaban J connectivity index is 2.56. The van der Waals surface area contributed by atoms with Gasteiger partial charge in [-0.25, -0.2) is 0 Å². The fraction of sp³-hybridized carbons (Fsp3) is 0.385. The van der Waals surface area contributed by atoms with Gasteiger partial charge in [-0.05, 0) is 31.0 Å². The second-order valence-corrected chi connectivity index (χ2v) is 5.18. The predicted molar refractivity (Wildman–Crippen MR) is 71.0 cm³/mol. The van der Waals surface area contributed by atoms with E-state index in [1.54, 1.807) is 11.3 Å². The third kappa shape index (κ3) is 2.47. The molecule has 0 aliphatic rings. The molecular formula is C13H16N2OS. The van der Waals surface area contributed by atoms with Gasteiger partial charge >= 0.3 is 0 Å². The van der Waals surface area contributed by atoms with Crippen molar-refractivity contribution in [3.05, 3.63) is 28.6 Å². The Bertz CT molecular complexity index is 622. The lowest BCUT2D eigenvalue weighted by Gasteiger charge is -1.95. The molecule has 2 rings (SSSR count). The SMILES string of the molecule is CCCC(=O)N=c1sc2cc(C)ccc2n1C. The van der Waals surface area contributed by atoms with E-state index in [1.165, 1.54) is 10.3 Å². The fourth-order valence-electron chi connectivity index (χ4n) is 1.72. The molecule has 0 aliphatic heterocycles. The number of benzene rings is 1. The lowest BCUT2D eigenvalue weighted by Crippen LogP contribution is -2.12. The van der Waals surface area contributed by atoms with Gasteiger partial charge in [-0.3, -0.25) is 4.79 Å². The average molecular weight is 248 g/mol. The van der Waals surface area contributed by atoms with Crippen LogP contribution in [0.1, 0.15) is 25.3 Å². The van der Waals surface area contributed by atoms with E-state index in [0.717, 1.165) is 16.7 Å². The number of amides is 1. The van der Waals surface area contributed by atoms with Crippen molar-refractivity contribution in [3.8, 4) is 0 Å². The van der Waals surface area contributed by atoms with Crippen LogP contribution < -0.4 is 4.80 Å². The number of hydrogen-bond acceptors (Lipinski definition) is 2. The van der Waals surface area contributed by atoms with E-state index in [9.17, 15) is 4.79 Å². The van der Waals surface area contributed by atoms with Crippen LogP contribution in [0.15, 0.2) is 23.2 Å². The molecule has 0 fully saturated rings. The molecule has 0 N–H and O–H groups in total. The number of aromatic nitrogens is 1. The Labute approximate surface area is 104 Å². The van der Waals surface area contributed by atoms with Gasteiger partial charge in [0.15, 0.2) is 4.80 Å². The first-order chi connectivity index (χ1) is 8.11. The van der Waals surface area contributed by atoms with Crippen LogP contribution in [0.25, 0.3) is 10.2 Å². The van der Waals surface area contributed by atoms with Gasteiger partial charge in [0.2, 0.25) is 5.91 Å². The third-order valence-electron chi connectivity index (χ3n) is 2.65. The highest BCUT2D eigenvalue weighted by atomic mass is 32.1. The summed E-state index contributed by atoms with van der Waals surface area (Å²) in [7, 11) is 1.95. The van der Waals surface area contributed by atoms with Crippen molar-refractivity contribution < 1.29 is 4.79 Å². The number of rotatable bonds is 2. The quantitative estimate of drug-likeness (QED) is 0.804. The monoisotopic (exact) mass is 248 g/mol. The largest absolute Gasteiger partial charge is 0.319 e. The van der Waals surface area contributed by atoms with Crippen molar-refractivity contribution in [2.75, 3.05) is 0 Å². The number of carbonyl (C=O) groups is 1. The van der Waals surface area contributed by atoms with Crippen LogP contribution in [0.5, 0.6) is 0 Å². The molecule has 0 radical (unpaired) electrons. The lowest BCUT2D eigenvalue weighted by molar-refractivity contribution is -0.118. The maximum atomic E-state index is 11.5. The van der Waals surface area contributed by atoms with Gasteiger partial charge in [-0.1, -0.05) is 24.3 Å². The number of nitrogens with zero attached hydrogens (tertiary/aromatic N) is 2. The predicted octanol–water partition coefficient (Wildman–Crippen LogP) is 2.78. The van der Waals surface area contributed by atoms with Gasteiger partial charge in [-0.15, -0.1) is 0 Å².